The Morgan fingerprint density at radius 1 is 1.62 bits per heavy atom. The zero-order valence-electron chi connectivity index (χ0n) is 7.06. The van der Waals surface area contributed by atoms with E-state index in [-0.39, 0.29) is 6.04 Å². The lowest BCUT2D eigenvalue weighted by atomic mass is 10.3. The summed E-state index contributed by atoms with van der Waals surface area (Å²) >= 11 is 0. The van der Waals surface area contributed by atoms with Crippen molar-refractivity contribution >= 4 is 0 Å². The molecule has 1 atom stereocenters. The van der Waals surface area contributed by atoms with Crippen molar-refractivity contribution in [3.63, 3.8) is 0 Å². The lowest BCUT2D eigenvalue weighted by Gasteiger charge is -1.92. The number of rotatable bonds is 2. The second kappa shape index (κ2) is 2.98. The fourth-order valence-corrected chi connectivity index (χ4v) is 0.911. The van der Waals surface area contributed by atoms with Gasteiger partial charge in [-0.1, -0.05) is 5.16 Å². The number of nitrogens with one attached hydrogen (secondary N) is 1. The number of aromatic amines is 1. The minimum Gasteiger partial charge on any atom is -0.337 e. The topological polar surface area (TPSA) is 93.6 Å². The molecule has 1 unspecified atom stereocenters. The minimum absolute atomic E-state index is 0.242. The molecule has 0 aliphatic carbocycles. The van der Waals surface area contributed by atoms with E-state index < -0.39 is 0 Å². The first kappa shape index (κ1) is 7.93. The average molecular weight is 179 g/mol. The summed E-state index contributed by atoms with van der Waals surface area (Å²) in [7, 11) is 0. The zero-order valence-corrected chi connectivity index (χ0v) is 7.06. The van der Waals surface area contributed by atoms with E-state index in [1.165, 1.54) is 0 Å². The normalized spacial score (nSPS) is 13.1. The Hall–Kier alpha value is -1.69. The van der Waals surface area contributed by atoms with E-state index in [0.29, 0.717) is 11.7 Å². The van der Waals surface area contributed by atoms with Gasteiger partial charge in [0.1, 0.15) is 0 Å². The molecule has 68 valence electrons. The summed E-state index contributed by atoms with van der Waals surface area (Å²) in [5.74, 6) is 0.928. The molecule has 0 saturated heterocycles. The van der Waals surface area contributed by atoms with E-state index in [1.807, 2.05) is 0 Å². The monoisotopic (exact) mass is 179 g/mol. The van der Waals surface area contributed by atoms with Crippen molar-refractivity contribution in [2.75, 3.05) is 0 Å². The van der Waals surface area contributed by atoms with E-state index in [0.717, 1.165) is 5.56 Å². The van der Waals surface area contributed by atoms with E-state index in [2.05, 4.69) is 20.3 Å². The van der Waals surface area contributed by atoms with Gasteiger partial charge < -0.3 is 10.3 Å². The molecule has 0 amide bonds. The molecule has 0 fully saturated rings. The standard InChI is InChI=1S/C7H9N5O/c1-4(8)7-11-6(12-13-7)5-2-9-10-3-5/h2-4H,8H2,1H3,(H,9,10). The number of hydrogen-bond donors (Lipinski definition) is 2. The van der Waals surface area contributed by atoms with E-state index in [1.54, 1.807) is 19.3 Å². The molecule has 2 aromatic rings. The van der Waals surface area contributed by atoms with Crippen LogP contribution in [0.2, 0.25) is 0 Å². The van der Waals surface area contributed by atoms with E-state index in [9.17, 15) is 0 Å². The molecule has 2 heterocycles. The SMILES string of the molecule is CC(N)c1nc(-c2cn[nH]c2)no1. The molecule has 3 N–H and O–H groups in total. The van der Waals surface area contributed by atoms with Gasteiger partial charge in [-0.05, 0) is 6.92 Å². The van der Waals surface area contributed by atoms with Crippen LogP contribution < -0.4 is 5.73 Å². The number of nitrogens with two attached hydrogens (primary N) is 1. The first-order chi connectivity index (χ1) is 6.27. The third-order valence-corrected chi connectivity index (χ3v) is 1.59. The summed E-state index contributed by atoms with van der Waals surface area (Å²) < 4.78 is 4.92. The minimum atomic E-state index is -0.242. The molecule has 0 aromatic carbocycles. The van der Waals surface area contributed by atoms with Crippen LogP contribution in [0.4, 0.5) is 0 Å². The Morgan fingerprint density at radius 2 is 2.46 bits per heavy atom. The quantitative estimate of drug-likeness (QED) is 0.699. The van der Waals surface area contributed by atoms with Crippen molar-refractivity contribution < 1.29 is 4.52 Å². The molecule has 0 saturated carbocycles. The van der Waals surface area contributed by atoms with Crippen LogP contribution in [0.1, 0.15) is 18.9 Å². The maximum atomic E-state index is 5.56. The second-order valence-electron chi connectivity index (χ2n) is 2.73. The molecule has 13 heavy (non-hydrogen) atoms. The van der Waals surface area contributed by atoms with Crippen molar-refractivity contribution in [2.24, 2.45) is 5.73 Å². The Kier molecular flexibility index (Phi) is 1.82. The molecular formula is C7H9N5O. The number of aromatic nitrogens is 4. The first-order valence-corrected chi connectivity index (χ1v) is 3.85. The molecular weight excluding hydrogens is 170 g/mol. The van der Waals surface area contributed by atoms with Gasteiger partial charge in [-0.3, -0.25) is 5.10 Å². The largest absolute Gasteiger partial charge is 0.337 e. The summed E-state index contributed by atoms with van der Waals surface area (Å²) in [6, 6.07) is -0.242. The number of hydrogen-bond acceptors (Lipinski definition) is 5. The highest BCUT2D eigenvalue weighted by Gasteiger charge is 2.11. The van der Waals surface area contributed by atoms with Crippen LogP contribution in [0.5, 0.6) is 0 Å². The molecule has 0 bridgehead atoms. The summed E-state index contributed by atoms with van der Waals surface area (Å²) in [4.78, 5) is 4.09. The molecule has 0 radical (unpaired) electrons. The number of H-pyrrole nitrogens is 1. The van der Waals surface area contributed by atoms with Crippen molar-refractivity contribution in [3.8, 4) is 11.4 Å². The van der Waals surface area contributed by atoms with Crippen LogP contribution in [0.3, 0.4) is 0 Å². The van der Waals surface area contributed by atoms with Crippen LogP contribution in [-0.4, -0.2) is 20.3 Å². The van der Waals surface area contributed by atoms with Crippen LogP contribution in [0.25, 0.3) is 11.4 Å². The molecule has 0 aliphatic rings. The van der Waals surface area contributed by atoms with Crippen molar-refractivity contribution in [3.05, 3.63) is 18.3 Å². The highest BCUT2D eigenvalue weighted by Crippen LogP contribution is 2.15. The van der Waals surface area contributed by atoms with Crippen molar-refractivity contribution in [2.45, 2.75) is 13.0 Å². The molecule has 6 nitrogen and oxygen atoms in total. The molecule has 0 aliphatic heterocycles. The van der Waals surface area contributed by atoms with Crippen molar-refractivity contribution in [1.29, 1.82) is 0 Å². The third-order valence-electron chi connectivity index (χ3n) is 1.59. The fourth-order valence-electron chi connectivity index (χ4n) is 0.911. The zero-order chi connectivity index (χ0) is 9.26. The highest BCUT2D eigenvalue weighted by atomic mass is 16.5. The summed E-state index contributed by atoms with van der Waals surface area (Å²) in [5.41, 5.74) is 6.35. The Morgan fingerprint density at radius 3 is 3.00 bits per heavy atom. The van der Waals surface area contributed by atoms with Gasteiger partial charge in [0, 0.05) is 6.20 Å². The first-order valence-electron chi connectivity index (χ1n) is 3.85. The summed E-state index contributed by atoms with van der Waals surface area (Å²) in [6.07, 6.45) is 3.31. The summed E-state index contributed by atoms with van der Waals surface area (Å²) in [5, 5.41) is 10.2. The van der Waals surface area contributed by atoms with E-state index >= 15 is 0 Å². The third kappa shape index (κ3) is 1.43. The molecule has 2 rings (SSSR count). The lowest BCUT2D eigenvalue weighted by molar-refractivity contribution is 0.362. The maximum Gasteiger partial charge on any atom is 0.243 e. The maximum absolute atomic E-state index is 5.56. The molecule has 2 aromatic heterocycles. The second-order valence-corrected chi connectivity index (χ2v) is 2.73. The number of nitrogens with zero attached hydrogens (tertiary/aromatic N) is 3. The van der Waals surface area contributed by atoms with E-state index in [4.69, 9.17) is 10.3 Å². The Balaban J connectivity index is 2.33. The van der Waals surface area contributed by atoms with Gasteiger partial charge in [0.15, 0.2) is 0 Å². The van der Waals surface area contributed by atoms with Gasteiger partial charge >= 0.3 is 0 Å². The Labute approximate surface area is 74.1 Å². The predicted molar refractivity (Wildman–Crippen MR) is 44.5 cm³/mol. The average Bonchev–Trinajstić information content (AvgIpc) is 2.75. The van der Waals surface area contributed by atoms with Gasteiger partial charge in [-0.25, -0.2) is 0 Å². The van der Waals surface area contributed by atoms with Gasteiger partial charge in [0.05, 0.1) is 17.8 Å². The van der Waals surface area contributed by atoms with Crippen LogP contribution in [0.15, 0.2) is 16.9 Å². The van der Waals surface area contributed by atoms with Crippen molar-refractivity contribution in [1.82, 2.24) is 20.3 Å². The fraction of sp³-hybridized carbons (Fsp3) is 0.286. The predicted octanol–water partition coefficient (Wildman–Crippen LogP) is 0.479. The van der Waals surface area contributed by atoms with Crippen LogP contribution >= 0.6 is 0 Å². The molecule has 0 spiro atoms. The van der Waals surface area contributed by atoms with Crippen LogP contribution in [0, 0.1) is 0 Å². The smallest absolute Gasteiger partial charge is 0.243 e. The Bertz CT molecular complexity index is 377. The summed E-state index contributed by atoms with van der Waals surface area (Å²) in [6.45, 7) is 1.78. The molecule has 6 heteroatoms. The highest BCUT2D eigenvalue weighted by molar-refractivity contribution is 5.50. The van der Waals surface area contributed by atoms with Gasteiger partial charge in [-0.15, -0.1) is 0 Å². The van der Waals surface area contributed by atoms with Gasteiger partial charge in [0.25, 0.3) is 0 Å². The van der Waals surface area contributed by atoms with Gasteiger partial charge in [-0.2, -0.15) is 10.1 Å². The van der Waals surface area contributed by atoms with Gasteiger partial charge in [0.2, 0.25) is 11.7 Å². The van der Waals surface area contributed by atoms with Crippen LogP contribution in [-0.2, 0) is 0 Å². The lowest BCUT2D eigenvalue weighted by Crippen LogP contribution is -2.04.